The summed E-state index contributed by atoms with van der Waals surface area (Å²) in [4.78, 5) is 25.7. The molecular weight excluding hydrogens is 504 g/mol. The van der Waals surface area contributed by atoms with Crippen LogP contribution in [0.3, 0.4) is 0 Å². The van der Waals surface area contributed by atoms with Crippen molar-refractivity contribution >= 4 is 23.4 Å². The predicted molar refractivity (Wildman–Crippen MR) is 125 cm³/mol. The lowest BCUT2D eigenvalue weighted by atomic mass is 9.55. The average molecular weight is 541 g/mol. The maximum atomic E-state index is 13.8. The number of amides is 2. The Labute approximate surface area is 214 Å². The monoisotopic (exact) mass is 540 g/mol. The molecule has 5 saturated carbocycles. The standard InChI is InChI=1S/C25H37ClF4N2O4/c26-18-6-5-17(11-19(18)27)36-14-21(34)32-24-9-7-23(8-10-24,12-20(24)33)22(35)31-13-15-1-3-16(4-2-15)25(28,29)30/h15-20,33H,1-14H2,(H,31,35)(H,32,34). The van der Waals surface area contributed by atoms with E-state index in [1.165, 1.54) is 0 Å². The van der Waals surface area contributed by atoms with Crippen LogP contribution < -0.4 is 10.6 Å². The van der Waals surface area contributed by atoms with Crippen LogP contribution in [0.1, 0.15) is 77.0 Å². The minimum atomic E-state index is -4.15. The Bertz CT molecular complexity index is 797. The summed E-state index contributed by atoms with van der Waals surface area (Å²) in [6.45, 7) is 0.132. The van der Waals surface area contributed by atoms with Gasteiger partial charge in [-0.1, -0.05) is 0 Å². The molecule has 5 aliphatic rings. The summed E-state index contributed by atoms with van der Waals surface area (Å²) in [6, 6.07) is 0. The highest BCUT2D eigenvalue weighted by Crippen LogP contribution is 2.52. The van der Waals surface area contributed by atoms with E-state index in [2.05, 4.69) is 10.6 Å². The number of nitrogens with one attached hydrogen (secondary N) is 2. The van der Waals surface area contributed by atoms with E-state index in [1.807, 2.05) is 0 Å². The minimum Gasteiger partial charge on any atom is -0.391 e. The van der Waals surface area contributed by atoms with Crippen molar-refractivity contribution in [3.05, 3.63) is 0 Å². The highest BCUT2D eigenvalue weighted by Gasteiger charge is 2.57. The molecule has 6 nitrogen and oxygen atoms in total. The van der Waals surface area contributed by atoms with E-state index in [1.54, 1.807) is 0 Å². The SMILES string of the molecule is O=C(COC1CCC(Cl)C(F)C1)NC12CCC(C(=O)NCC3CCC(C(F)(F)F)CC3)(CC1)CC2O. The quantitative estimate of drug-likeness (QED) is 0.334. The number of carbonyl (C=O) groups is 2. The fraction of sp³-hybridized carbons (Fsp3) is 0.920. The van der Waals surface area contributed by atoms with Crippen molar-refractivity contribution < 1.29 is 37.0 Å². The van der Waals surface area contributed by atoms with Crippen LogP contribution in [-0.4, -0.2) is 65.5 Å². The summed E-state index contributed by atoms with van der Waals surface area (Å²) >= 11 is 5.89. The van der Waals surface area contributed by atoms with Gasteiger partial charge in [-0.2, -0.15) is 13.2 Å². The van der Waals surface area contributed by atoms with Crippen molar-refractivity contribution in [3.8, 4) is 0 Å². The Morgan fingerprint density at radius 2 is 1.69 bits per heavy atom. The van der Waals surface area contributed by atoms with E-state index in [9.17, 15) is 32.3 Å². The van der Waals surface area contributed by atoms with Crippen LogP contribution in [0, 0.1) is 17.3 Å². The van der Waals surface area contributed by atoms with Crippen LogP contribution in [0.15, 0.2) is 0 Å². The van der Waals surface area contributed by atoms with E-state index in [4.69, 9.17) is 16.3 Å². The lowest BCUT2D eigenvalue weighted by Crippen LogP contribution is -2.67. The number of hydrogen-bond acceptors (Lipinski definition) is 4. The van der Waals surface area contributed by atoms with Crippen molar-refractivity contribution in [1.82, 2.24) is 10.6 Å². The molecule has 0 heterocycles. The summed E-state index contributed by atoms with van der Waals surface area (Å²) in [5, 5.41) is 16.3. The van der Waals surface area contributed by atoms with Gasteiger partial charge < -0.3 is 20.5 Å². The zero-order valence-electron chi connectivity index (χ0n) is 20.4. The predicted octanol–water partition coefficient (Wildman–Crippen LogP) is 4.17. The van der Waals surface area contributed by atoms with Crippen LogP contribution in [-0.2, 0) is 14.3 Å². The molecular formula is C25H37ClF4N2O4. The zero-order chi connectivity index (χ0) is 26.1. The van der Waals surface area contributed by atoms with Crippen molar-refractivity contribution in [2.24, 2.45) is 17.3 Å². The second-order valence-electron chi connectivity index (χ2n) is 11.5. The fourth-order valence-corrected chi connectivity index (χ4v) is 6.85. The fourth-order valence-electron chi connectivity index (χ4n) is 6.63. The number of aliphatic hydroxyl groups is 1. The van der Waals surface area contributed by atoms with Crippen LogP contribution in [0.25, 0.3) is 0 Å². The molecule has 0 aromatic carbocycles. The van der Waals surface area contributed by atoms with Crippen molar-refractivity contribution in [2.75, 3.05) is 13.2 Å². The van der Waals surface area contributed by atoms with Crippen LogP contribution in [0.5, 0.6) is 0 Å². The van der Waals surface area contributed by atoms with E-state index in [0.29, 0.717) is 57.9 Å². The Morgan fingerprint density at radius 3 is 2.28 bits per heavy atom. The van der Waals surface area contributed by atoms with Crippen molar-refractivity contribution in [2.45, 2.75) is 113 Å². The zero-order valence-corrected chi connectivity index (χ0v) is 21.2. The molecule has 4 unspecified atom stereocenters. The number of halogens is 5. The first kappa shape index (κ1) is 27.9. The molecule has 0 spiro atoms. The third-order valence-corrected chi connectivity index (χ3v) is 9.64. The molecule has 0 aromatic rings. The normalized spacial score (nSPS) is 41.1. The molecule has 2 bridgehead atoms. The Hall–Kier alpha value is -1.13. The topological polar surface area (TPSA) is 87.7 Å². The van der Waals surface area contributed by atoms with Crippen molar-refractivity contribution in [1.29, 1.82) is 0 Å². The maximum Gasteiger partial charge on any atom is 0.391 e. The van der Waals surface area contributed by atoms with E-state index in [-0.39, 0.29) is 56.1 Å². The number of ether oxygens (including phenoxy) is 1. The number of hydrogen-bond donors (Lipinski definition) is 3. The average Bonchev–Trinajstić information content (AvgIpc) is 2.84. The second-order valence-corrected chi connectivity index (χ2v) is 12.0. The number of alkyl halides is 5. The first-order chi connectivity index (χ1) is 16.9. The molecule has 5 aliphatic carbocycles. The van der Waals surface area contributed by atoms with Crippen LogP contribution in [0.2, 0.25) is 0 Å². The van der Waals surface area contributed by atoms with Gasteiger partial charge >= 0.3 is 6.18 Å². The molecule has 0 saturated heterocycles. The van der Waals surface area contributed by atoms with E-state index in [0.717, 1.165) is 0 Å². The Morgan fingerprint density at radius 1 is 1.03 bits per heavy atom. The highest BCUT2D eigenvalue weighted by atomic mass is 35.5. The van der Waals surface area contributed by atoms with Crippen molar-refractivity contribution in [3.63, 3.8) is 0 Å². The third-order valence-electron chi connectivity index (χ3n) is 9.15. The molecule has 5 rings (SSSR count). The summed E-state index contributed by atoms with van der Waals surface area (Å²) in [6.07, 6.45) is -2.06. The summed E-state index contributed by atoms with van der Waals surface area (Å²) < 4.78 is 58.0. The van der Waals surface area contributed by atoms with Gasteiger partial charge in [0.2, 0.25) is 11.8 Å². The minimum absolute atomic E-state index is 0.0339. The number of rotatable bonds is 7. The maximum absolute atomic E-state index is 13.8. The molecule has 2 amide bonds. The molecule has 36 heavy (non-hydrogen) atoms. The molecule has 206 valence electrons. The number of aliphatic hydroxyl groups excluding tert-OH is 1. The highest BCUT2D eigenvalue weighted by molar-refractivity contribution is 6.21. The number of carbonyl (C=O) groups excluding carboxylic acids is 2. The molecule has 0 aromatic heterocycles. The summed E-state index contributed by atoms with van der Waals surface area (Å²) in [5.74, 6) is -1.74. The van der Waals surface area contributed by atoms with Crippen LogP contribution in [0.4, 0.5) is 17.6 Å². The largest absolute Gasteiger partial charge is 0.391 e. The Balaban J connectivity index is 1.22. The van der Waals surface area contributed by atoms with Gasteiger partial charge in [0.1, 0.15) is 12.8 Å². The van der Waals surface area contributed by atoms with Gasteiger partial charge in [-0.3, -0.25) is 9.59 Å². The second kappa shape index (κ2) is 10.9. The van der Waals surface area contributed by atoms with Gasteiger partial charge in [0.05, 0.1) is 34.5 Å². The number of fused-ring (bicyclic) bond motifs is 3. The molecule has 3 N–H and O–H groups in total. The summed E-state index contributed by atoms with van der Waals surface area (Å²) in [5.41, 5.74) is -1.53. The first-order valence-corrected chi connectivity index (χ1v) is 13.6. The lowest BCUT2D eigenvalue weighted by molar-refractivity contribution is -0.184. The van der Waals surface area contributed by atoms with Gasteiger partial charge in [-0.25, -0.2) is 4.39 Å². The van der Waals surface area contributed by atoms with Gasteiger partial charge in [0.25, 0.3) is 0 Å². The van der Waals surface area contributed by atoms with Gasteiger partial charge in [-0.05, 0) is 76.5 Å². The van der Waals surface area contributed by atoms with Gasteiger partial charge in [0.15, 0.2) is 0 Å². The summed E-state index contributed by atoms with van der Waals surface area (Å²) in [7, 11) is 0. The smallest absolute Gasteiger partial charge is 0.391 e. The lowest BCUT2D eigenvalue weighted by Gasteiger charge is -2.55. The molecule has 0 radical (unpaired) electrons. The first-order valence-electron chi connectivity index (χ1n) is 13.2. The molecule has 5 fully saturated rings. The van der Waals surface area contributed by atoms with Gasteiger partial charge in [0, 0.05) is 13.0 Å². The third kappa shape index (κ3) is 6.12. The van der Waals surface area contributed by atoms with E-state index >= 15 is 0 Å². The van der Waals surface area contributed by atoms with Crippen LogP contribution >= 0.6 is 11.6 Å². The van der Waals surface area contributed by atoms with E-state index < -0.39 is 40.7 Å². The Kier molecular flexibility index (Phi) is 8.47. The van der Waals surface area contributed by atoms with Gasteiger partial charge in [-0.15, -0.1) is 11.6 Å². The molecule has 4 atom stereocenters. The molecule has 0 aliphatic heterocycles. The molecule has 11 heteroatoms.